The SMILES string of the molecule is CC(C)OC(Cc1ccc(-c2ccc(C(=O)O)cc2)cc1)(C(=O)O)C(=O)O. The summed E-state index contributed by atoms with van der Waals surface area (Å²) in [5, 5.41) is 27.8. The quantitative estimate of drug-likeness (QED) is 0.609. The van der Waals surface area contributed by atoms with Gasteiger partial charge < -0.3 is 20.1 Å². The van der Waals surface area contributed by atoms with Gasteiger partial charge in [0.1, 0.15) is 0 Å². The van der Waals surface area contributed by atoms with Gasteiger partial charge in [-0.15, -0.1) is 0 Å². The van der Waals surface area contributed by atoms with Crippen molar-refractivity contribution in [3.63, 3.8) is 0 Å². The average Bonchev–Trinajstić information content (AvgIpc) is 2.61. The summed E-state index contributed by atoms with van der Waals surface area (Å²) >= 11 is 0. The molecular formula is C20H20O7. The van der Waals surface area contributed by atoms with Gasteiger partial charge in [0.25, 0.3) is 5.60 Å². The molecular weight excluding hydrogens is 352 g/mol. The minimum absolute atomic E-state index is 0.175. The highest BCUT2D eigenvalue weighted by molar-refractivity contribution is 6.02. The zero-order valence-electron chi connectivity index (χ0n) is 14.9. The summed E-state index contributed by atoms with van der Waals surface area (Å²) in [5.74, 6) is -4.13. The molecule has 0 atom stereocenters. The summed E-state index contributed by atoms with van der Waals surface area (Å²) < 4.78 is 5.26. The van der Waals surface area contributed by atoms with Crippen LogP contribution in [0.15, 0.2) is 48.5 Å². The third kappa shape index (κ3) is 4.51. The van der Waals surface area contributed by atoms with E-state index in [0.717, 1.165) is 11.1 Å². The van der Waals surface area contributed by atoms with Crippen LogP contribution < -0.4 is 0 Å². The fourth-order valence-electron chi connectivity index (χ4n) is 2.70. The van der Waals surface area contributed by atoms with Crippen molar-refractivity contribution in [1.82, 2.24) is 0 Å². The zero-order valence-corrected chi connectivity index (χ0v) is 14.9. The molecule has 0 saturated carbocycles. The Balaban J connectivity index is 2.28. The lowest BCUT2D eigenvalue weighted by molar-refractivity contribution is -0.188. The summed E-state index contributed by atoms with van der Waals surface area (Å²) in [7, 11) is 0. The molecule has 0 aromatic heterocycles. The van der Waals surface area contributed by atoms with Gasteiger partial charge in [0.15, 0.2) is 0 Å². The molecule has 0 saturated heterocycles. The van der Waals surface area contributed by atoms with Crippen LogP contribution in [-0.2, 0) is 20.7 Å². The Labute approximate surface area is 155 Å². The third-order valence-corrected chi connectivity index (χ3v) is 4.00. The van der Waals surface area contributed by atoms with Crippen LogP contribution in [0.2, 0.25) is 0 Å². The molecule has 3 N–H and O–H groups in total. The van der Waals surface area contributed by atoms with E-state index >= 15 is 0 Å². The van der Waals surface area contributed by atoms with Crippen LogP contribution in [-0.4, -0.2) is 44.9 Å². The molecule has 7 heteroatoms. The topological polar surface area (TPSA) is 121 Å². The van der Waals surface area contributed by atoms with Gasteiger partial charge >= 0.3 is 17.9 Å². The molecule has 2 rings (SSSR count). The van der Waals surface area contributed by atoms with E-state index in [4.69, 9.17) is 9.84 Å². The molecule has 0 aliphatic heterocycles. The Morgan fingerprint density at radius 2 is 1.30 bits per heavy atom. The van der Waals surface area contributed by atoms with Gasteiger partial charge in [-0.05, 0) is 42.7 Å². The Hall–Kier alpha value is -3.19. The van der Waals surface area contributed by atoms with Gasteiger partial charge in [-0.25, -0.2) is 14.4 Å². The first kappa shape index (κ1) is 20.1. The number of rotatable bonds is 8. The van der Waals surface area contributed by atoms with E-state index in [1.165, 1.54) is 12.1 Å². The molecule has 142 valence electrons. The number of aliphatic carboxylic acids is 2. The molecule has 7 nitrogen and oxygen atoms in total. The molecule has 0 aliphatic rings. The molecule has 0 spiro atoms. The second kappa shape index (κ2) is 8.01. The number of ether oxygens (including phenoxy) is 1. The van der Waals surface area contributed by atoms with Crippen LogP contribution >= 0.6 is 0 Å². The minimum atomic E-state index is -2.36. The first-order valence-corrected chi connectivity index (χ1v) is 8.23. The monoisotopic (exact) mass is 372 g/mol. The van der Waals surface area contributed by atoms with Crippen LogP contribution in [0, 0.1) is 0 Å². The molecule has 0 heterocycles. The van der Waals surface area contributed by atoms with Crippen LogP contribution in [0.4, 0.5) is 0 Å². The number of hydrogen-bond acceptors (Lipinski definition) is 4. The summed E-state index contributed by atoms with van der Waals surface area (Å²) in [6.07, 6.45) is -0.905. The van der Waals surface area contributed by atoms with Crippen molar-refractivity contribution in [2.24, 2.45) is 0 Å². The highest BCUT2D eigenvalue weighted by Gasteiger charge is 2.49. The van der Waals surface area contributed by atoms with Gasteiger partial charge in [-0.3, -0.25) is 0 Å². The van der Waals surface area contributed by atoms with E-state index in [1.807, 2.05) is 0 Å². The second-order valence-electron chi connectivity index (χ2n) is 6.36. The molecule has 27 heavy (non-hydrogen) atoms. The van der Waals surface area contributed by atoms with Crippen molar-refractivity contribution in [3.8, 4) is 11.1 Å². The van der Waals surface area contributed by atoms with E-state index in [-0.39, 0.29) is 12.0 Å². The predicted octanol–water partition coefficient (Wildman–Crippen LogP) is 2.93. The molecule has 2 aromatic carbocycles. The second-order valence-corrected chi connectivity index (χ2v) is 6.36. The third-order valence-electron chi connectivity index (χ3n) is 4.00. The van der Waals surface area contributed by atoms with E-state index in [9.17, 15) is 24.6 Å². The molecule has 0 aliphatic carbocycles. The van der Waals surface area contributed by atoms with Crippen LogP contribution in [0.1, 0.15) is 29.8 Å². The van der Waals surface area contributed by atoms with E-state index in [1.54, 1.807) is 50.2 Å². The van der Waals surface area contributed by atoms with E-state index in [0.29, 0.717) is 5.56 Å². The fraction of sp³-hybridized carbons (Fsp3) is 0.250. The van der Waals surface area contributed by atoms with Gasteiger partial charge in [-0.2, -0.15) is 0 Å². The fourth-order valence-corrected chi connectivity index (χ4v) is 2.70. The Morgan fingerprint density at radius 1 is 0.852 bits per heavy atom. The van der Waals surface area contributed by atoms with E-state index < -0.39 is 29.6 Å². The Bertz CT molecular complexity index is 822. The highest BCUT2D eigenvalue weighted by atomic mass is 16.6. The smallest absolute Gasteiger partial charge is 0.348 e. The van der Waals surface area contributed by atoms with Gasteiger partial charge in [0.2, 0.25) is 0 Å². The van der Waals surface area contributed by atoms with Crippen molar-refractivity contribution in [2.75, 3.05) is 0 Å². The lowest BCUT2D eigenvalue weighted by Gasteiger charge is -2.27. The molecule has 0 radical (unpaired) electrons. The maximum Gasteiger partial charge on any atom is 0.348 e. The van der Waals surface area contributed by atoms with Crippen molar-refractivity contribution < 1.29 is 34.4 Å². The Kier molecular flexibility index (Phi) is 5.97. The molecule has 0 unspecified atom stereocenters. The maximum atomic E-state index is 11.6. The van der Waals surface area contributed by atoms with Crippen molar-refractivity contribution in [3.05, 3.63) is 59.7 Å². The lowest BCUT2D eigenvalue weighted by atomic mass is 9.92. The predicted molar refractivity (Wildman–Crippen MR) is 96.8 cm³/mol. The normalized spacial score (nSPS) is 11.4. The first-order chi connectivity index (χ1) is 12.7. The summed E-state index contributed by atoms with van der Waals surface area (Å²) in [6.45, 7) is 3.15. The van der Waals surface area contributed by atoms with Gasteiger partial charge in [-0.1, -0.05) is 36.4 Å². The summed E-state index contributed by atoms with van der Waals surface area (Å²) in [5.41, 5.74) is -0.122. The standard InChI is InChI=1S/C20H20O7/c1-12(2)27-20(18(23)24,19(25)26)11-13-3-5-14(6-4-13)15-7-9-16(10-8-15)17(21)22/h3-10,12H,11H2,1-2H3,(H,21,22)(H,23,24)(H,25,26). The number of carboxylic acids is 3. The highest BCUT2D eigenvalue weighted by Crippen LogP contribution is 2.25. The van der Waals surface area contributed by atoms with Crippen LogP contribution in [0.25, 0.3) is 11.1 Å². The van der Waals surface area contributed by atoms with Crippen LogP contribution in [0.5, 0.6) is 0 Å². The summed E-state index contributed by atoms with van der Waals surface area (Å²) in [4.78, 5) is 34.2. The van der Waals surface area contributed by atoms with Crippen molar-refractivity contribution in [2.45, 2.75) is 32.0 Å². The summed E-state index contributed by atoms with van der Waals surface area (Å²) in [6, 6.07) is 13.0. The average molecular weight is 372 g/mol. The van der Waals surface area contributed by atoms with Gasteiger partial charge in [0.05, 0.1) is 11.7 Å². The van der Waals surface area contributed by atoms with E-state index in [2.05, 4.69) is 0 Å². The Morgan fingerprint density at radius 3 is 1.67 bits per heavy atom. The maximum absolute atomic E-state index is 11.6. The van der Waals surface area contributed by atoms with Gasteiger partial charge in [0, 0.05) is 6.42 Å². The molecule has 0 bridgehead atoms. The number of carbonyl (C=O) groups is 3. The van der Waals surface area contributed by atoms with Crippen molar-refractivity contribution >= 4 is 17.9 Å². The molecule has 0 amide bonds. The number of aromatic carboxylic acids is 1. The number of benzene rings is 2. The minimum Gasteiger partial charge on any atom is -0.479 e. The number of hydrogen-bond donors (Lipinski definition) is 3. The molecule has 2 aromatic rings. The largest absolute Gasteiger partial charge is 0.479 e. The lowest BCUT2D eigenvalue weighted by Crippen LogP contribution is -2.52. The first-order valence-electron chi connectivity index (χ1n) is 8.23. The molecule has 0 fully saturated rings. The van der Waals surface area contributed by atoms with Crippen LogP contribution in [0.3, 0.4) is 0 Å². The zero-order chi connectivity index (χ0) is 20.2. The van der Waals surface area contributed by atoms with Crippen molar-refractivity contribution in [1.29, 1.82) is 0 Å². The number of carboxylic acid groups (broad SMARTS) is 3.